The number of hydrogen-bond donors (Lipinski definition) is 0. The molecule has 6 fully saturated rings. The number of Topliss-reactive ketones (excluding diaryl/α,β-unsaturated/α-hetero) is 1. The summed E-state index contributed by atoms with van der Waals surface area (Å²) in [6.45, 7) is 7.19. The highest BCUT2D eigenvalue weighted by Crippen LogP contribution is 2.73. The second-order valence-electron chi connectivity index (χ2n) is 9.93. The van der Waals surface area contributed by atoms with Gasteiger partial charge >= 0.3 is 0 Å². The Hall–Kier alpha value is -0.370. The summed E-state index contributed by atoms with van der Waals surface area (Å²) < 4.78 is 7.02. The van der Waals surface area contributed by atoms with E-state index in [1.807, 2.05) is 0 Å². The maximum Gasteiger partial charge on any atom is 0.139 e. The van der Waals surface area contributed by atoms with Gasteiger partial charge in [0, 0.05) is 11.8 Å². The minimum absolute atomic E-state index is 0.0277. The van der Waals surface area contributed by atoms with Gasteiger partial charge in [-0.15, -0.1) is 0 Å². The Kier molecular flexibility index (Phi) is 2.43. The van der Waals surface area contributed by atoms with E-state index in [1.54, 1.807) is 0 Å². The smallest absolute Gasteiger partial charge is 0.139 e. The SMILES string of the molecule is C[C@@]12CC[C@@]3(C)[C@H](CCC4C5CCC(=O)[C@@]5(C)CC[C@@]43O1)C2. The van der Waals surface area contributed by atoms with Crippen LogP contribution in [0.5, 0.6) is 0 Å². The first-order valence-corrected chi connectivity index (χ1v) is 9.57. The molecule has 6 rings (SSSR count). The van der Waals surface area contributed by atoms with E-state index in [-0.39, 0.29) is 16.6 Å². The fraction of sp³-hybridized carbons (Fsp3) is 0.950. The molecule has 22 heavy (non-hydrogen) atoms. The molecule has 2 heteroatoms. The standard InChI is InChI=1S/C20H30O2/c1-17-8-10-19(3)13(12-17)4-5-15-14-6-7-16(21)18(14,2)9-11-20(15,19)22-17/h13-15H,4-12H2,1-3H3/t13-,14?,15?,17+,18+,19+,20-/m1/s1. The summed E-state index contributed by atoms with van der Waals surface area (Å²) in [5, 5.41) is 0. The maximum absolute atomic E-state index is 12.5. The Morgan fingerprint density at radius 3 is 2.59 bits per heavy atom. The average Bonchev–Trinajstić information content (AvgIpc) is 2.76. The highest BCUT2D eigenvalue weighted by Gasteiger charge is 2.73. The lowest BCUT2D eigenvalue weighted by Gasteiger charge is -2.73. The Morgan fingerprint density at radius 1 is 0.955 bits per heavy atom. The fourth-order valence-electron chi connectivity index (χ4n) is 7.88. The molecule has 0 radical (unpaired) electrons. The molecule has 7 atom stereocenters. The summed E-state index contributed by atoms with van der Waals surface area (Å²) in [5.41, 5.74) is 0.564. The molecule has 0 aromatic rings. The fourth-order valence-corrected chi connectivity index (χ4v) is 7.88. The molecular formula is C20H30O2. The van der Waals surface area contributed by atoms with Crippen molar-refractivity contribution in [3.05, 3.63) is 0 Å². The molecule has 2 nitrogen and oxygen atoms in total. The minimum atomic E-state index is -0.0277. The summed E-state index contributed by atoms with van der Waals surface area (Å²) in [6, 6.07) is 0. The number of carbonyl (C=O) groups excluding carboxylic acids is 1. The van der Waals surface area contributed by atoms with Crippen molar-refractivity contribution in [1.29, 1.82) is 0 Å². The van der Waals surface area contributed by atoms with Crippen molar-refractivity contribution in [3.8, 4) is 0 Å². The molecular weight excluding hydrogens is 272 g/mol. The first kappa shape index (κ1) is 14.0. The van der Waals surface area contributed by atoms with Crippen LogP contribution in [0.15, 0.2) is 0 Å². The second kappa shape index (κ2) is 3.82. The lowest BCUT2D eigenvalue weighted by molar-refractivity contribution is -0.358. The largest absolute Gasteiger partial charge is 0.368 e. The molecule has 2 unspecified atom stereocenters. The number of hydrogen-bond acceptors (Lipinski definition) is 2. The second-order valence-corrected chi connectivity index (χ2v) is 9.93. The van der Waals surface area contributed by atoms with E-state index in [0.29, 0.717) is 23.0 Å². The Bertz CT molecular complexity index is 556. The van der Waals surface area contributed by atoms with Crippen molar-refractivity contribution >= 4 is 5.78 Å². The molecule has 2 saturated heterocycles. The van der Waals surface area contributed by atoms with Crippen molar-refractivity contribution in [1.82, 2.24) is 0 Å². The van der Waals surface area contributed by atoms with Crippen LogP contribution in [-0.4, -0.2) is 17.0 Å². The summed E-state index contributed by atoms with van der Waals surface area (Å²) in [7, 11) is 0. The van der Waals surface area contributed by atoms with E-state index >= 15 is 0 Å². The molecule has 0 aromatic heterocycles. The minimum Gasteiger partial charge on any atom is -0.368 e. The van der Waals surface area contributed by atoms with Crippen molar-refractivity contribution < 1.29 is 9.53 Å². The molecule has 6 aliphatic rings. The summed E-state index contributed by atoms with van der Waals surface area (Å²) in [5.74, 6) is 2.64. The lowest BCUT2D eigenvalue weighted by Crippen LogP contribution is -2.73. The maximum atomic E-state index is 12.5. The van der Waals surface area contributed by atoms with Crippen LogP contribution < -0.4 is 0 Å². The molecule has 4 bridgehead atoms. The average molecular weight is 302 g/mol. The van der Waals surface area contributed by atoms with Gasteiger partial charge in [-0.25, -0.2) is 0 Å². The van der Waals surface area contributed by atoms with Gasteiger partial charge in [0.25, 0.3) is 0 Å². The van der Waals surface area contributed by atoms with Gasteiger partial charge in [-0.05, 0) is 81.5 Å². The van der Waals surface area contributed by atoms with Gasteiger partial charge in [-0.2, -0.15) is 0 Å². The van der Waals surface area contributed by atoms with Crippen LogP contribution in [0.3, 0.4) is 0 Å². The molecule has 1 spiro atoms. The zero-order valence-electron chi connectivity index (χ0n) is 14.4. The van der Waals surface area contributed by atoms with Crippen LogP contribution >= 0.6 is 0 Å². The van der Waals surface area contributed by atoms with Gasteiger partial charge < -0.3 is 4.74 Å². The molecule has 0 N–H and O–H groups in total. The number of ketones is 1. The van der Waals surface area contributed by atoms with Crippen molar-refractivity contribution in [3.63, 3.8) is 0 Å². The third-order valence-electron chi connectivity index (χ3n) is 9.21. The number of rotatable bonds is 0. The Morgan fingerprint density at radius 2 is 1.77 bits per heavy atom. The van der Waals surface area contributed by atoms with E-state index < -0.39 is 0 Å². The zero-order chi connectivity index (χ0) is 15.4. The van der Waals surface area contributed by atoms with E-state index in [4.69, 9.17) is 4.74 Å². The lowest BCUT2D eigenvalue weighted by atomic mass is 9.40. The Labute approximate surface area is 134 Å². The molecule has 4 saturated carbocycles. The van der Waals surface area contributed by atoms with Crippen LogP contribution in [0.4, 0.5) is 0 Å². The van der Waals surface area contributed by atoms with Crippen molar-refractivity contribution in [2.45, 2.75) is 89.8 Å². The molecule has 0 amide bonds. The van der Waals surface area contributed by atoms with Crippen molar-refractivity contribution in [2.75, 3.05) is 0 Å². The normalized spacial score (nSPS) is 62.7. The predicted octanol–water partition coefficient (Wildman–Crippen LogP) is 4.51. The molecule has 2 aliphatic heterocycles. The van der Waals surface area contributed by atoms with Gasteiger partial charge in [-0.3, -0.25) is 4.79 Å². The number of ether oxygens (including phenoxy) is 1. The van der Waals surface area contributed by atoms with Gasteiger partial charge in [-0.1, -0.05) is 13.8 Å². The molecule has 2 heterocycles. The van der Waals surface area contributed by atoms with E-state index in [2.05, 4.69) is 20.8 Å². The van der Waals surface area contributed by atoms with Crippen molar-refractivity contribution in [2.24, 2.45) is 28.6 Å². The quantitative estimate of drug-likeness (QED) is 0.658. The molecule has 0 aromatic carbocycles. The predicted molar refractivity (Wildman–Crippen MR) is 85.5 cm³/mol. The summed E-state index contributed by atoms with van der Waals surface area (Å²) in [4.78, 5) is 12.5. The van der Waals surface area contributed by atoms with E-state index in [1.165, 1.54) is 32.1 Å². The zero-order valence-corrected chi connectivity index (χ0v) is 14.4. The summed E-state index contributed by atoms with van der Waals surface area (Å²) >= 11 is 0. The van der Waals surface area contributed by atoms with Gasteiger partial charge in [0.05, 0.1) is 11.2 Å². The summed E-state index contributed by atoms with van der Waals surface area (Å²) in [6.07, 6.45) is 10.7. The first-order chi connectivity index (χ1) is 10.3. The molecule has 4 aliphatic carbocycles. The topological polar surface area (TPSA) is 26.3 Å². The van der Waals surface area contributed by atoms with Gasteiger partial charge in [0.15, 0.2) is 0 Å². The highest BCUT2D eigenvalue weighted by atomic mass is 16.5. The Balaban J connectivity index is 1.63. The van der Waals surface area contributed by atoms with E-state index in [0.717, 1.165) is 31.6 Å². The van der Waals surface area contributed by atoms with Crippen LogP contribution in [0, 0.1) is 28.6 Å². The number of fused-ring (bicyclic) bond motifs is 3. The monoisotopic (exact) mass is 302 g/mol. The van der Waals surface area contributed by atoms with Crippen LogP contribution in [0.2, 0.25) is 0 Å². The van der Waals surface area contributed by atoms with Gasteiger partial charge in [0.2, 0.25) is 0 Å². The van der Waals surface area contributed by atoms with E-state index in [9.17, 15) is 4.79 Å². The molecule has 122 valence electrons. The third kappa shape index (κ3) is 1.33. The third-order valence-corrected chi connectivity index (χ3v) is 9.21. The highest BCUT2D eigenvalue weighted by molar-refractivity contribution is 5.87. The van der Waals surface area contributed by atoms with Crippen LogP contribution in [-0.2, 0) is 9.53 Å². The van der Waals surface area contributed by atoms with Crippen LogP contribution in [0.25, 0.3) is 0 Å². The van der Waals surface area contributed by atoms with Gasteiger partial charge in [0.1, 0.15) is 5.78 Å². The first-order valence-electron chi connectivity index (χ1n) is 9.57. The van der Waals surface area contributed by atoms with Crippen LogP contribution in [0.1, 0.15) is 78.6 Å². The number of carbonyl (C=O) groups is 1.